The van der Waals surface area contributed by atoms with Crippen molar-refractivity contribution in [2.24, 2.45) is 0 Å². The largest absolute Gasteiger partial charge is 0.493 e. The predicted octanol–water partition coefficient (Wildman–Crippen LogP) is 3.92. The number of benzene rings is 2. The third-order valence-corrected chi connectivity index (χ3v) is 7.81. The zero-order valence-corrected chi connectivity index (χ0v) is 21.7. The normalized spacial score (nSPS) is 11.8. The molecule has 0 atom stereocenters. The topological polar surface area (TPSA) is 136 Å². The molecule has 0 unspecified atom stereocenters. The maximum Gasteiger partial charge on any atom is 0.268 e. The van der Waals surface area contributed by atoms with Crippen LogP contribution in [0.3, 0.4) is 0 Å². The molecule has 4 aromatic rings. The fourth-order valence-electron chi connectivity index (χ4n) is 3.61. The number of methoxy groups -OCH3 is 1. The van der Waals surface area contributed by atoms with E-state index in [1.54, 1.807) is 7.11 Å². The van der Waals surface area contributed by atoms with Crippen molar-refractivity contribution >= 4 is 49.2 Å². The lowest BCUT2D eigenvalue weighted by Gasteiger charge is -2.11. The van der Waals surface area contributed by atoms with Gasteiger partial charge in [0.05, 0.1) is 13.7 Å². The van der Waals surface area contributed by atoms with Gasteiger partial charge in [0.1, 0.15) is 11.6 Å². The number of fused-ring (bicyclic) bond motifs is 1. The maximum atomic E-state index is 12.7. The van der Waals surface area contributed by atoms with E-state index in [0.717, 1.165) is 28.5 Å². The van der Waals surface area contributed by atoms with Crippen molar-refractivity contribution in [3.05, 3.63) is 65.9 Å². The van der Waals surface area contributed by atoms with Gasteiger partial charge in [-0.15, -0.1) is 10.2 Å². The summed E-state index contributed by atoms with van der Waals surface area (Å²) in [6.45, 7) is 1.12. The second-order valence-corrected chi connectivity index (χ2v) is 11.1. The molecular weight excluding hydrogens is 514 g/mol. The first kappa shape index (κ1) is 25.9. The molecule has 0 saturated heterocycles. The number of nitriles is 1. The van der Waals surface area contributed by atoms with Crippen LogP contribution in [0.5, 0.6) is 11.5 Å². The molecule has 0 aliphatic rings. The molecule has 190 valence electrons. The van der Waals surface area contributed by atoms with Gasteiger partial charge in [0.25, 0.3) is 5.91 Å². The number of aromatic nitrogens is 3. The van der Waals surface area contributed by atoms with Gasteiger partial charge in [-0.05, 0) is 30.7 Å². The van der Waals surface area contributed by atoms with Crippen LogP contribution in [0.25, 0.3) is 17.0 Å². The van der Waals surface area contributed by atoms with Gasteiger partial charge in [0.15, 0.2) is 11.5 Å². The third kappa shape index (κ3) is 6.14. The van der Waals surface area contributed by atoms with Gasteiger partial charge in [-0.25, -0.2) is 8.42 Å². The average Bonchev–Trinajstić information content (AvgIpc) is 3.50. The van der Waals surface area contributed by atoms with E-state index in [-0.39, 0.29) is 15.0 Å². The van der Waals surface area contributed by atoms with Crippen molar-refractivity contribution in [3.63, 3.8) is 0 Å². The molecule has 1 amide bonds. The Balaban J connectivity index is 1.50. The SMILES string of the molecule is COc1ccccc1OCCCn1cc(/C=C(/C#N)C(=O)Nc2nnc(S(C)(=O)=O)s2)c2ccccc21. The van der Waals surface area contributed by atoms with Crippen LogP contribution in [0.15, 0.2) is 64.6 Å². The van der Waals surface area contributed by atoms with E-state index in [1.165, 1.54) is 6.08 Å². The molecule has 0 fully saturated rings. The lowest BCUT2D eigenvalue weighted by Crippen LogP contribution is -2.13. The highest BCUT2D eigenvalue weighted by Crippen LogP contribution is 2.27. The van der Waals surface area contributed by atoms with Crippen LogP contribution >= 0.6 is 11.3 Å². The molecule has 1 N–H and O–H groups in total. The van der Waals surface area contributed by atoms with Gasteiger partial charge in [0, 0.05) is 35.5 Å². The molecular formula is C25H23N5O5S2. The fraction of sp³-hybridized carbons (Fsp3) is 0.200. The number of carbonyl (C=O) groups excluding carboxylic acids is 1. The lowest BCUT2D eigenvalue weighted by molar-refractivity contribution is -0.112. The number of carbonyl (C=O) groups is 1. The predicted molar refractivity (Wildman–Crippen MR) is 140 cm³/mol. The Morgan fingerprint density at radius 3 is 2.59 bits per heavy atom. The number of amides is 1. The summed E-state index contributed by atoms with van der Waals surface area (Å²) >= 11 is 0.718. The van der Waals surface area contributed by atoms with Gasteiger partial charge in [-0.3, -0.25) is 10.1 Å². The molecule has 0 saturated carbocycles. The smallest absolute Gasteiger partial charge is 0.268 e. The highest BCUT2D eigenvalue weighted by Gasteiger charge is 2.18. The Labute approximate surface area is 217 Å². The molecule has 12 heteroatoms. The summed E-state index contributed by atoms with van der Waals surface area (Å²) in [6.07, 6.45) is 5.09. The highest BCUT2D eigenvalue weighted by molar-refractivity contribution is 7.92. The molecule has 0 bridgehead atoms. The Kier molecular flexibility index (Phi) is 7.86. The summed E-state index contributed by atoms with van der Waals surface area (Å²) in [4.78, 5) is 12.7. The van der Waals surface area contributed by atoms with Crippen molar-refractivity contribution < 1.29 is 22.7 Å². The molecule has 10 nitrogen and oxygen atoms in total. The first-order valence-corrected chi connectivity index (χ1v) is 13.8. The number of anilines is 1. The van der Waals surface area contributed by atoms with Gasteiger partial charge < -0.3 is 14.0 Å². The minimum atomic E-state index is -3.55. The summed E-state index contributed by atoms with van der Waals surface area (Å²) < 4.78 is 36.2. The molecule has 4 rings (SSSR count). The summed E-state index contributed by atoms with van der Waals surface area (Å²) in [5.41, 5.74) is 1.49. The second-order valence-electron chi connectivity index (χ2n) is 7.92. The van der Waals surface area contributed by atoms with Crippen molar-refractivity contribution in [2.75, 3.05) is 25.3 Å². The van der Waals surface area contributed by atoms with Crippen LogP contribution in [-0.2, 0) is 21.2 Å². The van der Waals surface area contributed by atoms with Gasteiger partial charge in [-0.2, -0.15) is 5.26 Å². The first-order chi connectivity index (χ1) is 17.8. The Morgan fingerprint density at radius 1 is 1.16 bits per heavy atom. The maximum absolute atomic E-state index is 12.7. The van der Waals surface area contributed by atoms with E-state index in [4.69, 9.17) is 9.47 Å². The van der Waals surface area contributed by atoms with Gasteiger partial charge in [0.2, 0.25) is 19.3 Å². The minimum absolute atomic E-state index is 0.0101. The molecule has 2 aromatic carbocycles. The molecule has 0 aliphatic heterocycles. The standard InChI is InChI=1S/C25H23N5O5S2/c1-34-21-10-5-6-11-22(21)35-13-7-12-30-16-18(19-8-3-4-9-20(19)30)14-17(15-26)23(31)27-24-28-29-25(36-24)37(2,32)33/h3-6,8-11,14,16H,7,12-13H2,1-2H3,(H,27,28,31)/b17-14-. The molecule has 0 radical (unpaired) electrons. The van der Waals surface area contributed by atoms with E-state index in [1.807, 2.05) is 65.4 Å². The van der Waals surface area contributed by atoms with E-state index in [0.29, 0.717) is 36.6 Å². The van der Waals surface area contributed by atoms with Crippen LogP contribution in [0.2, 0.25) is 0 Å². The lowest BCUT2D eigenvalue weighted by atomic mass is 10.1. The average molecular weight is 538 g/mol. The second kappa shape index (κ2) is 11.2. The van der Waals surface area contributed by atoms with Crippen molar-refractivity contribution in [1.82, 2.24) is 14.8 Å². The summed E-state index contributed by atoms with van der Waals surface area (Å²) in [6, 6.07) is 17.0. The van der Waals surface area contributed by atoms with Gasteiger partial charge in [-0.1, -0.05) is 41.7 Å². The molecule has 2 aromatic heterocycles. The van der Waals surface area contributed by atoms with Crippen molar-refractivity contribution in [3.8, 4) is 17.6 Å². The summed E-state index contributed by atoms with van der Waals surface area (Å²) in [5.74, 6) is 0.639. The Hall–Kier alpha value is -4.21. The Morgan fingerprint density at radius 2 is 1.89 bits per heavy atom. The van der Waals surface area contributed by atoms with Crippen LogP contribution in [0.1, 0.15) is 12.0 Å². The quantitative estimate of drug-likeness (QED) is 0.139. The van der Waals surface area contributed by atoms with Crippen LogP contribution < -0.4 is 14.8 Å². The summed E-state index contributed by atoms with van der Waals surface area (Å²) in [7, 11) is -1.95. The van der Waals surface area contributed by atoms with Crippen LogP contribution in [-0.4, -0.2) is 49.1 Å². The van der Waals surface area contributed by atoms with E-state index in [9.17, 15) is 18.5 Å². The van der Waals surface area contributed by atoms with Crippen molar-refractivity contribution in [2.45, 2.75) is 17.3 Å². The molecule has 0 aliphatic carbocycles. The number of para-hydroxylation sites is 3. The molecule has 2 heterocycles. The molecule has 0 spiro atoms. The Bertz CT molecular complexity index is 1620. The van der Waals surface area contributed by atoms with Crippen molar-refractivity contribution in [1.29, 1.82) is 5.26 Å². The number of sulfone groups is 1. The number of hydrogen-bond donors (Lipinski definition) is 1. The van der Waals surface area contributed by atoms with Crippen LogP contribution in [0, 0.1) is 11.3 Å². The fourth-order valence-corrected chi connectivity index (χ4v) is 5.11. The summed E-state index contributed by atoms with van der Waals surface area (Å²) in [5, 5.41) is 20.2. The monoisotopic (exact) mass is 537 g/mol. The molecule has 37 heavy (non-hydrogen) atoms. The van der Waals surface area contributed by atoms with Crippen LogP contribution in [0.4, 0.5) is 5.13 Å². The van der Waals surface area contributed by atoms with E-state index in [2.05, 4.69) is 15.5 Å². The zero-order chi connectivity index (χ0) is 26.4. The number of nitrogens with one attached hydrogen (secondary N) is 1. The van der Waals surface area contributed by atoms with E-state index >= 15 is 0 Å². The first-order valence-electron chi connectivity index (χ1n) is 11.1. The number of nitrogens with zero attached hydrogens (tertiary/aromatic N) is 4. The number of ether oxygens (including phenoxy) is 2. The zero-order valence-electron chi connectivity index (χ0n) is 20.0. The van der Waals surface area contributed by atoms with E-state index < -0.39 is 15.7 Å². The third-order valence-electron chi connectivity index (χ3n) is 5.30. The van der Waals surface area contributed by atoms with Gasteiger partial charge >= 0.3 is 0 Å². The number of hydrogen-bond acceptors (Lipinski definition) is 9. The number of aryl methyl sites for hydroxylation is 1. The minimum Gasteiger partial charge on any atom is -0.493 e. The highest BCUT2D eigenvalue weighted by atomic mass is 32.2. The number of rotatable bonds is 10.